The Hall–Kier alpha value is -2.34. The van der Waals surface area contributed by atoms with Gasteiger partial charge in [-0.25, -0.2) is 4.79 Å². The van der Waals surface area contributed by atoms with Gasteiger partial charge in [-0.1, -0.05) is 42.5 Å². The van der Waals surface area contributed by atoms with Gasteiger partial charge in [0.25, 0.3) is 0 Å². The molecule has 5 atom stereocenters. The van der Waals surface area contributed by atoms with Crippen LogP contribution >= 0.6 is 0 Å². The van der Waals surface area contributed by atoms with Gasteiger partial charge in [0.1, 0.15) is 6.61 Å². The van der Waals surface area contributed by atoms with E-state index in [1.54, 1.807) is 0 Å². The van der Waals surface area contributed by atoms with Crippen molar-refractivity contribution in [3.63, 3.8) is 0 Å². The molecule has 0 aromatic heterocycles. The van der Waals surface area contributed by atoms with Crippen molar-refractivity contribution in [2.75, 3.05) is 13.2 Å². The predicted molar refractivity (Wildman–Crippen MR) is 107 cm³/mol. The lowest BCUT2D eigenvalue weighted by molar-refractivity contribution is -0.137. The quantitative estimate of drug-likeness (QED) is 0.498. The van der Waals surface area contributed by atoms with E-state index in [1.807, 2.05) is 35.2 Å². The zero-order valence-electron chi connectivity index (χ0n) is 16.6. The molecule has 0 radical (unpaired) electrons. The Morgan fingerprint density at radius 3 is 2.66 bits per heavy atom. The highest BCUT2D eigenvalue weighted by molar-refractivity contribution is 5.70. The number of ether oxygens (including phenoxy) is 2. The second kappa shape index (κ2) is 8.99. The molecule has 4 rings (SSSR count). The summed E-state index contributed by atoms with van der Waals surface area (Å²) in [5, 5.41) is 8.73. The van der Waals surface area contributed by atoms with Crippen molar-refractivity contribution in [2.45, 2.75) is 56.8 Å². The number of nitrogens with zero attached hydrogens (tertiary/aromatic N) is 1. The van der Waals surface area contributed by atoms with Crippen LogP contribution in [0.25, 0.3) is 0 Å². The normalized spacial score (nSPS) is 31.0. The number of carboxylic acid groups (broad SMARTS) is 1. The molecule has 1 N–H and O–H groups in total. The number of carbonyl (C=O) groups is 2. The van der Waals surface area contributed by atoms with Crippen LogP contribution in [-0.2, 0) is 14.3 Å². The van der Waals surface area contributed by atoms with Gasteiger partial charge in [0.2, 0.25) is 0 Å². The monoisotopic (exact) mass is 399 g/mol. The van der Waals surface area contributed by atoms with Crippen molar-refractivity contribution >= 4 is 12.1 Å². The summed E-state index contributed by atoms with van der Waals surface area (Å²) < 4.78 is 11.6. The lowest BCUT2D eigenvalue weighted by atomic mass is 9.77. The highest BCUT2D eigenvalue weighted by atomic mass is 16.6. The number of carboxylic acids is 1. The van der Waals surface area contributed by atoms with Gasteiger partial charge >= 0.3 is 12.1 Å². The van der Waals surface area contributed by atoms with Crippen LogP contribution in [0.2, 0.25) is 0 Å². The van der Waals surface area contributed by atoms with Crippen LogP contribution in [0.5, 0.6) is 0 Å². The molecule has 6 heteroatoms. The van der Waals surface area contributed by atoms with Crippen molar-refractivity contribution in [1.82, 2.24) is 4.90 Å². The Morgan fingerprint density at radius 2 is 1.90 bits per heavy atom. The molecule has 3 aliphatic rings. The fraction of sp³-hybridized carbons (Fsp3) is 0.565. The number of allylic oxidation sites excluding steroid dienone is 2. The largest absolute Gasteiger partial charge is 0.481 e. The molecule has 1 amide bonds. The van der Waals surface area contributed by atoms with Gasteiger partial charge in [-0.3, -0.25) is 9.69 Å². The van der Waals surface area contributed by atoms with Crippen LogP contribution in [0.4, 0.5) is 4.79 Å². The third-order valence-electron chi connectivity index (χ3n) is 6.49. The Labute approximate surface area is 171 Å². The van der Waals surface area contributed by atoms with Crippen LogP contribution < -0.4 is 0 Å². The molecule has 0 aliphatic carbocycles. The van der Waals surface area contributed by atoms with Crippen LogP contribution in [-0.4, -0.2) is 47.4 Å². The third-order valence-corrected chi connectivity index (χ3v) is 6.49. The lowest BCUT2D eigenvalue weighted by Crippen LogP contribution is -2.39. The van der Waals surface area contributed by atoms with Crippen molar-refractivity contribution in [1.29, 1.82) is 0 Å². The number of unbranched alkanes of at least 4 members (excludes halogenated alkanes) is 1. The summed E-state index contributed by atoms with van der Waals surface area (Å²) in [6, 6.07) is 10.0. The molecule has 2 bridgehead atoms. The van der Waals surface area contributed by atoms with Crippen LogP contribution in [0, 0.1) is 11.8 Å². The van der Waals surface area contributed by atoms with Gasteiger partial charge in [-0.15, -0.1) is 0 Å². The van der Waals surface area contributed by atoms with Crippen LogP contribution in [0.1, 0.15) is 50.1 Å². The van der Waals surface area contributed by atoms with Crippen molar-refractivity contribution in [3.05, 3.63) is 48.0 Å². The van der Waals surface area contributed by atoms with Gasteiger partial charge in [0.05, 0.1) is 18.2 Å². The molecule has 0 saturated carbocycles. The summed E-state index contributed by atoms with van der Waals surface area (Å²) >= 11 is 0. The van der Waals surface area contributed by atoms with E-state index >= 15 is 0 Å². The minimum absolute atomic E-state index is 0.0324. The molecule has 1 aromatic carbocycles. The van der Waals surface area contributed by atoms with E-state index in [0.717, 1.165) is 31.2 Å². The summed E-state index contributed by atoms with van der Waals surface area (Å²) in [7, 11) is 0. The number of cyclic esters (lactones) is 1. The van der Waals surface area contributed by atoms with Crippen LogP contribution in [0.3, 0.4) is 0 Å². The number of fused-ring (bicyclic) bond motifs is 2. The van der Waals surface area contributed by atoms with E-state index in [2.05, 4.69) is 12.2 Å². The fourth-order valence-corrected chi connectivity index (χ4v) is 5.02. The number of benzene rings is 1. The molecule has 156 valence electrons. The molecule has 29 heavy (non-hydrogen) atoms. The first-order chi connectivity index (χ1) is 14.1. The number of rotatable bonds is 9. The maximum atomic E-state index is 12.4. The highest BCUT2D eigenvalue weighted by Gasteiger charge is 2.50. The molecule has 3 aliphatic heterocycles. The fourth-order valence-electron chi connectivity index (χ4n) is 5.02. The predicted octanol–water partition coefficient (Wildman–Crippen LogP) is 4.17. The van der Waals surface area contributed by atoms with Crippen molar-refractivity contribution in [2.24, 2.45) is 11.8 Å². The van der Waals surface area contributed by atoms with Gasteiger partial charge < -0.3 is 14.6 Å². The molecule has 6 nitrogen and oxygen atoms in total. The molecule has 1 aromatic rings. The number of aliphatic carboxylic acids is 1. The van der Waals surface area contributed by atoms with E-state index in [1.165, 1.54) is 0 Å². The topological polar surface area (TPSA) is 76.1 Å². The Morgan fingerprint density at radius 1 is 1.14 bits per heavy atom. The van der Waals surface area contributed by atoms with E-state index < -0.39 is 5.97 Å². The van der Waals surface area contributed by atoms with Crippen molar-refractivity contribution < 1.29 is 24.2 Å². The number of amides is 1. The first kappa shape index (κ1) is 20.0. The minimum Gasteiger partial charge on any atom is -0.481 e. The van der Waals surface area contributed by atoms with Gasteiger partial charge in [0.15, 0.2) is 0 Å². The zero-order chi connectivity index (χ0) is 20.2. The SMILES string of the molecule is O=C(O)CCCC=CC[C@H]1[C@@H](CN2C(=O)OCC2c2ccccc2)[C@H]2CC[C@@H]1O2. The maximum absolute atomic E-state index is 12.4. The van der Waals surface area contributed by atoms with Crippen molar-refractivity contribution in [3.8, 4) is 0 Å². The third kappa shape index (κ3) is 4.47. The maximum Gasteiger partial charge on any atom is 0.410 e. The zero-order valence-corrected chi connectivity index (χ0v) is 16.6. The minimum atomic E-state index is -0.745. The number of hydrogen-bond donors (Lipinski definition) is 1. The molecule has 0 spiro atoms. The van der Waals surface area contributed by atoms with E-state index in [0.29, 0.717) is 31.4 Å². The first-order valence-corrected chi connectivity index (χ1v) is 10.6. The summed E-state index contributed by atoms with van der Waals surface area (Å²) in [5.41, 5.74) is 1.11. The number of carbonyl (C=O) groups excluding carboxylic acids is 1. The van der Waals surface area contributed by atoms with Gasteiger partial charge in [-0.05, 0) is 43.6 Å². The average Bonchev–Trinajstić information content (AvgIpc) is 3.42. The second-order valence-electron chi connectivity index (χ2n) is 8.27. The summed E-state index contributed by atoms with van der Waals surface area (Å²) in [4.78, 5) is 24.9. The van der Waals surface area contributed by atoms with Crippen LogP contribution in [0.15, 0.2) is 42.5 Å². The van der Waals surface area contributed by atoms with Gasteiger partial charge in [0, 0.05) is 18.9 Å². The standard InChI is InChI=1S/C23H29NO5/c25-22(26)11-7-2-1-6-10-17-18(21-13-12-20(17)29-21)14-24-19(15-28-23(24)27)16-8-4-3-5-9-16/h1,3-6,8-9,17-21H,2,7,10-15H2,(H,25,26)/t17-,18+,19?,20-,21+/m0/s1. The molecule has 3 fully saturated rings. The summed E-state index contributed by atoms with van der Waals surface area (Å²) in [6.07, 6.45) is 9.23. The van der Waals surface area contributed by atoms with E-state index in [-0.39, 0.29) is 30.8 Å². The molecular formula is C23H29NO5. The Bertz CT molecular complexity index is 749. The molecular weight excluding hydrogens is 370 g/mol. The smallest absolute Gasteiger partial charge is 0.410 e. The highest BCUT2D eigenvalue weighted by Crippen LogP contribution is 2.46. The Kier molecular flexibility index (Phi) is 6.19. The first-order valence-electron chi connectivity index (χ1n) is 10.6. The molecule has 3 saturated heterocycles. The molecule has 3 heterocycles. The summed E-state index contributed by atoms with van der Waals surface area (Å²) in [5.74, 6) is -0.0333. The van der Waals surface area contributed by atoms with Gasteiger partial charge in [-0.2, -0.15) is 0 Å². The number of hydrogen-bond acceptors (Lipinski definition) is 4. The second-order valence-corrected chi connectivity index (χ2v) is 8.27. The summed E-state index contributed by atoms with van der Waals surface area (Å²) in [6.45, 7) is 1.07. The van der Waals surface area contributed by atoms with E-state index in [4.69, 9.17) is 14.6 Å². The Balaban J connectivity index is 1.39. The lowest BCUT2D eigenvalue weighted by Gasteiger charge is -2.32. The average molecular weight is 399 g/mol. The van der Waals surface area contributed by atoms with E-state index in [9.17, 15) is 9.59 Å². The molecule has 1 unspecified atom stereocenters.